The second kappa shape index (κ2) is 5.83. The molecule has 19 heavy (non-hydrogen) atoms. The molecule has 0 radical (unpaired) electrons. The molecular formula is C14H14N4O. The fourth-order valence-corrected chi connectivity index (χ4v) is 1.72. The lowest BCUT2D eigenvalue weighted by molar-refractivity contribution is -0.121. The van der Waals surface area contributed by atoms with Crippen LogP contribution in [-0.2, 0) is 4.79 Å². The molecule has 0 fully saturated rings. The van der Waals surface area contributed by atoms with Gasteiger partial charge in [-0.1, -0.05) is 18.2 Å². The Morgan fingerprint density at radius 2 is 2.32 bits per heavy atom. The Balaban J connectivity index is 2.13. The van der Waals surface area contributed by atoms with E-state index >= 15 is 0 Å². The number of hydrogen-bond donors (Lipinski definition) is 1. The van der Waals surface area contributed by atoms with Gasteiger partial charge in [-0.3, -0.25) is 9.79 Å². The number of hydrogen-bond acceptors (Lipinski definition) is 4. The molecule has 0 aromatic heterocycles. The molecule has 0 aliphatic carbocycles. The minimum Gasteiger partial charge on any atom is -0.343 e. The molecule has 1 aromatic carbocycles. The highest BCUT2D eigenvalue weighted by Gasteiger charge is 2.09. The van der Waals surface area contributed by atoms with Crippen molar-refractivity contribution in [1.29, 1.82) is 5.26 Å². The van der Waals surface area contributed by atoms with Crippen molar-refractivity contribution in [3.63, 3.8) is 0 Å². The molecule has 0 bridgehead atoms. The molecule has 1 unspecified atom stereocenters. The second-order valence-corrected chi connectivity index (χ2v) is 4.21. The van der Waals surface area contributed by atoms with E-state index in [2.05, 4.69) is 10.3 Å². The van der Waals surface area contributed by atoms with E-state index in [1.54, 1.807) is 24.2 Å². The number of nitrogens with one attached hydrogen (secondary N) is 1. The zero-order valence-corrected chi connectivity index (χ0v) is 10.6. The number of para-hydroxylation sites is 1. The summed E-state index contributed by atoms with van der Waals surface area (Å²) in [6, 6.07) is 9.17. The number of carbonyl (C=O) groups excluding carboxylic acids is 1. The Labute approximate surface area is 111 Å². The summed E-state index contributed by atoms with van der Waals surface area (Å²) in [5.41, 5.74) is 0. The monoisotopic (exact) mass is 254 g/mol. The van der Waals surface area contributed by atoms with Gasteiger partial charge >= 0.3 is 0 Å². The van der Waals surface area contributed by atoms with Crippen LogP contribution in [-0.4, -0.2) is 23.4 Å². The maximum absolute atomic E-state index is 11.7. The van der Waals surface area contributed by atoms with E-state index in [1.807, 2.05) is 36.5 Å². The standard InChI is InChI=1S/C14H14N4O/c1-11(8-15)17-14(19)10-18-7-6-16-13-5-3-2-4-12(13)9-18/h2-7,9,11H,10H2,1H3,(H,17,19). The third-order valence-corrected chi connectivity index (χ3v) is 2.61. The minimum atomic E-state index is -0.486. The summed E-state index contributed by atoms with van der Waals surface area (Å²) in [5.74, 6) is -0.200. The average molecular weight is 254 g/mol. The van der Waals surface area contributed by atoms with Crippen molar-refractivity contribution < 1.29 is 4.79 Å². The van der Waals surface area contributed by atoms with Gasteiger partial charge in [-0.05, 0) is 13.0 Å². The summed E-state index contributed by atoms with van der Waals surface area (Å²) in [6.07, 6.45) is 5.25. The zero-order valence-electron chi connectivity index (χ0n) is 10.6. The molecule has 1 N–H and O–H groups in total. The Morgan fingerprint density at radius 3 is 3.11 bits per heavy atom. The summed E-state index contributed by atoms with van der Waals surface area (Å²) >= 11 is 0. The van der Waals surface area contributed by atoms with E-state index in [1.165, 1.54) is 0 Å². The van der Waals surface area contributed by atoms with Crippen LogP contribution in [0.5, 0.6) is 0 Å². The molecule has 1 heterocycles. The topological polar surface area (TPSA) is 68.5 Å². The van der Waals surface area contributed by atoms with Crippen LogP contribution in [0, 0.1) is 11.3 Å². The van der Waals surface area contributed by atoms with Gasteiger partial charge in [0.05, 0.1) is 11.4 Å². The SMILES string of the molecule is CC(C#N)NC(=O)CN1C=CN=c2ccccc2=C1. The summed E-state index contributed by atoms with van der Waals surface area (Å²) in [5, 5.41) is 13.1. The summed E-state index contributed by atoms with van der Waals surface area (Å²) in [7, 11) is 0. The van der Waals surface area contributed by atoms with Gasteiger partial charge in [0.2, 0.25) is 5.91 Å². The van der Waals surface area contributed by atoms with Crippen molar-refractivity contribution in [2.75, 3.05) is 6.54 Å². The van der Waals surface area contributed by atoms with Crippen LogP contribution in [0.4, 0.5) is 0 Å². The molecule has 1 aromatic rings. The van der Waals surface area contributed by atoms with Gasteiger partial charge in [0.25, 0.3) is 0 Å². The van der Waals surface area contributed by atoms with E-state index in [0.717, 1.165) is 10.6 Å². The molecule has 0 saturated carbocycles. The molecular weight excluding hydrogens is 240 g/mol. The van der Waals surface area contributed by atoms with E-state index in [4.69, 9.17) is 5.26 Å². The predicted molar refractivity (Wildman–Crippen MR) is 70.8 cm³/mol. The number of nitrogens with zero attached hydrogens (tertiary/aromatic N) is 3. The lowest BCUT2D eigenvalue weighted by Gasteiger charge is -2.14. The number of amides is 1. The molecule has 1 atom stereocenters. The first-order valence-electron chi connectivity index (χ1n) is 5.95. The van der Waals surface area contributed by atoms with Crippen LogP contribution in [0.3, 0.4) is 0 Å². The van der Waals surface area contributed by atoms with E-state index < -0.39 is 6.04 Å². The second-order valence-electron chi connectivity index (χ2n) is 4.21. The van der Waals surface area contributed by atoms with Gasteiger partial charge < -0.3 is 10.2 Å². The van der Waals surface area contributed by atoms with Crippen molar-refractivity contribution in [2.24, 2.45) is 4.99 Å². The highest BCUT2D eigenvalue weighted by Crippen LogP contribution is 1.94. The number of nitriles is 1. The zero-order chi connectivity index (χ0) is 13.7. The quantitative estimate of drug-likeness (QED) is 0.816. The van der Waals surface area contributed by atoms with Crippen LogP contribution in [0.2, 0.25) is 0 Å². The number of fused-ring (bicyclic) bond motifs is 1. The maximum Gasteiger partial charge on any atom is 0.240 e. The van der Waals surface area contributed by atoms with Crippen LogP contribution >= 0.6 is 0 Å². The van der Waals surface area contributed by atoms with Crippen molar-refractivity contribution in [1.82, 2.24) is 10.2 Å². The largest absolute Gasteiger partial charge is 0.343 e. The fraction of sp³-hybridized carbons (Fsp3) is 0.214. The number of carbonyl (C=O) groups is 1. The predicted octanol–water partition coefficient (Wildman–Crippen LogP) is -0.141. The summed E-state index contributed by atoms with van der Waals surface area (Å²) in [4.78, 5) is 17.7. The molecule has 0 saturated heterocycles. The number of rotatable bonds is 3. The first kappa shape index (κ1) is 12.8. The minimum absolute atomic E-state index is 0.159. The van der Waals surface area contributed by atoms with E-state index in [-0.39, 0.29) is 12.5 Å². The van der Waals surface area contributed by atoms with E-state index in [0.29, 0.717) is 0 Å². The summed E-state index contributed by atoms with van der Waals surface area (Å²) < 4.78 is 0. The smallest absolute Gasteiger partial charge is 0.240 e. The first-order valence-corrected chi connectivity index (χ1v) is 5.95. The normalized spacial score (nSPS) is 14.2. The van der Waals surface area contributed by atoms with Crippen LogP contribution in [0.1, 0.15) is 6.92 Å². The average Bonchev–Trinajstić information content (AvgIpc) is 2.59. The third-order valence-electron chi connectivity index (χ3n) is 2.61. The van der Waals surface area contributed by atoms with Gasteiger partial charge in [-0.15, -0.1) is 0 Å². The Morgan fingerprint density at radius 1 is 1.53 bits per heavy atom. The Hall–Kier alpha value is -2.61. The van der Waals surface area contributed by atoms with Crippen molar-refractivity contribution in [3.05, 3.63) is 47.2 Å². The van der Waals surface area contributed by atoms with Crippen molar-refractivity contribution in [2.45, 2.75) is 13.0 Å². The van der Waals surface area contributed by atoms with Crippen molar-refractivity contribution in [3.8, 4) is 6.07 Å². The highest BCUT2D eigenvalue weighted by atomic mass is 16.2. The van der Waals surface area contributed by atoms with Crippen LogP contribution in [0.15, 0.2) is 41.7 Å². The third kappa shape index (κ3) is 3.42. The first-order chi connectivity index (χ1) is 9.19. The van der Waals surface area contributed by atoms with Crippen molar-refractivity contribution >= 4 is 12.1 Å². The van der Waals surface area contributed by atoms with Gasteiger partial charge in [-0.2, -0.15) is 5.26 Å². The number of benzene rings is 1. The van der Waals surface area contributed by atoms with Gasteiger partial charge in [0.15, 0.2) is 0 Å². The molecule has 5 heteroatoms. The molecule has 5 nitrogen and oxygen atoms in total. The fourth-order valence-electron chi connectivity index (χ4n) is 1.72. The maximum atomic E-state index is 11.7. The van der Waals surface area contributed by atoms with Crippen LogP contribution in [0.25, 0.3) is 6.20 Å². The molecule has 96 valence electrons. The molecule has 2 rings (SSSR count). The Bertz CT molecular complexity index is 657. The Kier molecular flexibility index (Phi) is 3.94. The molecule has 1 aliphatic heterocycles. The van der Waals surface area contributed by atoms with Crippen LogP contribution < -0.4 is 15.9 Å². The highest BCUT2D eigenvalue weighted by molar-refractivity contribution is 5.79. The van der Waals surface area contributed by atoms with Gasteiger partial charge in [0, 0.05) is 23.8 Å². The molecule has 1 aliphatic rings. The molecule has 0 spiro atoms. The lowest BCUT2D eigenvalue weighted by Crippen LogP contribution is -2.38. The van der Waals surface area contributed by atoms with Gasteiger partial charge in [-0.25, -0.2) is 0 Å². The van der Waals surface area contributed by atoms with E-state index in [9.17, 15) is 4.79 Å². The lowest BCUT2D eigenvalue weighted by atomic mass is 10.3. The molecule has 1 amide bonds. The summed E-state index contributed by atoms with van der Waals surface area (Å²) in [6.45, 7) is 1.80. The van der Waals surface area contributed by atoms with Gasteiger partial charge in [0.1, 0.15) is 12.6 Å².